The largest absolute Gasteiger partial charge is 0.348 e. The van der Waals surface area contributed by atoms with Gasteiger partial charge in [0, 0.05) is 12.5 Å². The molecule has 0 bridgehead atoms. The van der Waals surface area contributed by atoms with Crippen molar-refractivity contribution in [3.05, 3.63) is 65.5 Å². The van der Waals surface area contributed by atoms with Crippen LogP contribution in [0.25, 0.3) is 0 Å². The summed E-state index contributed by atoms with van der Waals surface area (Å²) in [7, 11) is 0. The van der Waals surface area contributed by atoms with Gasteiger partial charge in [0.25, 0.3) is 5.91 Å². The van der Waals surface area contributed by atoms with Crippen LogP contribution in [0.15, 0.2) is 48.5 Å². The summed E-state index contributed by atoms with van der Waals surface area (Å²) in [6.45, 7) is 2.34. The van der Waals surface area contributed by atoms with E-state index in [1.807, 2.05) is 37.3 Å². The lowest BCUT2D eigenvalue weighted by Crippen LogP contribution is -2.25. The van der Waals surface area contributed by atoms with Gasteiger partial charge in [-0.3, -0.25) is 9.59 Å². The quantitative estimate of drug-likeness (QED) is 0.885. The number of rotatable bonds is 5. The third-order valence-corrected chi connectivity index (χ3v) is 4.23. The van der Waals surface area contributed by atoms with Gasteiger partial charge in [0.05, 0.1) is 11.3 Å². The Morgan fingerprint density at radius 2 is 1.88 bits per heavy atom. The second-order valence-corrected chi connectivity index (χ2v) is 6.17. The van der Waals surface area contributed by atoms with Crippen molar-refractivity contribution in [1.82, 2.24) is 5.32 Å². The molecule has 0 radical (unpaired) electrons. The van der Waals surface area contributed by atoms with Crippen molar-refractivity contribution in [3.8, 4) is 0 Å². The number of halogens is 1. The molecule has 2 aromatic rings. The lowest BCUT2D eigenvalue weighted by Gasteiger charge is -2.12. The summed E-state index contributed by atoms with van der Waals surface area (Å²) in [5.41, 5.74) is 1.42. The Morgan fingerprint density at radius 1 is 1.17 bits per heavy atom. The summed E-state index contributed by atoms with van der Waals surface area (Å²) in [4.78, 5) is 24.5. The van der Waals surface area contributed by atoms with Gasteiger partial charge in [0.15, 0.2) is 0 Å². The fourth-order valence-corrected chi connectivity index (χ4v) is 2.60. The van der Waals surface area contributed by atoms with Gasteiger partial charge in [0.1, 0.15) is 5.82 Å². The molecule has 3 rings (SSSR count). The summed E-state index contributed by atoms with van der Waals surface area (Å²) in [5.74, 6) is -0.711. The molecule has 2 N–H and O–H groups in total. The lowest BCUT2D eigenvalue weighted by molar-refractivity contribution is -0.117. The van der Waals surface area contributed by atoms with Crippen LogP contribution >= 0.6 is 0 Å². The average molecular weight is 326 g/mol. The van der Waals surface area contributed by atoms with Gasteiger partial charge in [-0.05, 0) is 36.1 Å². The van der Waals surface area contributed by atoms with Crippen LogP contribution in [0.2, 0.25) is 0 Å². The van der Waals surface area contributed by atoms with E-state index in [2.05, 4.69) is 10.6 Å². The lowest BCUT2D eigenvalue weighted by atomic mass is 10.1. The summed E-state index contributed by atoms with van der Waals surface area (Å²) in [6, 6.07) is 13.2. The molecular formula is C19H19FN2O2. The van der Waals surface area contributed by atoms with E-state index in [4.69, 9.17) is 0 Å². The van der Waals surface area contributed by atoms with Crippen molar-refractivity contribution in [2.24, 2.45) is 11.8 Å². The van der Waals surface area contributed by atoms with Crippen LogP contribution in [0.4, 0.5) is 10.1 Å². The predicted molar refractivity (Wildman–Crippen MR) is 89.9 cm³/mol. The minimum Gasteiger partial charge on any atom is -0.348 e. The average Bonchev–Trinajstić information content (AvgIpc) is 3.32. The number of nitrogens with one attached hydrogen (secondary N) is 2. The summed E-state index contributed by atoms with van der Waals surface area (Å²) in [5, 5.41) is 5.50. The number of hydrogen-bond donors (Lipinski definition) is 2. The van der Waals surface area contributed by atoms with Gasteiger partial charge in [-0.15, -0.1) is 0 Å². The Hall–Kier alpha value is -2.69. The molecule has 124 valence electrons. The third kappa shape index (κ3) is 3.79. The molecule has 2 aromatic carbocycles. The van der Waals surface area contributed by atoms with Crippen LogP contribution < -0.4 is 10.6 Å². The number of anilines is 1. The van der Waals surface area contributed by atoms with E-state index >= 15 is 0 Å². The first-order chi connectivity index (χ1) is 11.5. The minimum atomic E-state index is -0.516. The summed E-state index contributed by atoms with van der Waals surface area (Å²) in [6.07, 6.45) is 0.850. The van der Waals surface area contributed by atoms with E-state index < -0.39 is 11.7 Å². The van der Waals surface area contributed by atoms with Crippen LogP contribution in [0.5, 0.6) is 0 Å². The van der Waals surface area contributed by atoms with Gasteiger partial charge in [-0.2, -0.15) is 0 Å². The molecule has 1 aliphatic carbocycles. The van der Waals surface area contributed by atoms with Crippen molar-refractivity contribution < 1.29 is 14.0 Å². The van der Waals surface area contributed by atoms with Gasteiger partial charge in [-0.1, -0.05) is 37.3 Å². The molecule has 1 aliphatic rings. The van der Waals surface area contributed by atoms with E-state index in [-0.39, 0.29) is 17.4 Å². The number of hydrogen-bond acceptors (Lipinski definition) is 2. The van der Waals surface area contributed by atoms with Gasteiger partial charge in [0.2, 0.25) is 5.91 Å². The van der Waals surface area contributed by atoms with Gasteiger partial charge < -0.3 is 10.6 Å². The Kier molecular flexibility index (Phi) is 4.60. The van der Waals surface area contributed by atoms with Crippen LogP contribution in [0, 0.1) is 17.7 Å². The zero-order valence-electron chi connectivity index (χ0n) is 13.4. The second kappa shape index (κ2) is 6.83. The molecule has 2 amide bonds. The predicted octanol–water partition coefficient (Wildman–Crippen LogP) is 3.35. The van der Waals surface area contributed by atoms with E-state index in [0.717, 1.165) is 18.1 Å². The Bertz CT molecular complexity index is 761. The maximum absolute atomic E-state index is 13.5. The van der Waals surface area contributed by atoms with E-state index in [1.165, 1.54) is 12.1 Å². The molecule has 0 spiro atoms. The molecule has 5 heteroatoms. The number of benzene rings is 2. The zero-order chi connectivity index (χ0) is 17.1. The highest BCUT2D eigenvalue weighted by Crippen LogP contribution is 2.38. The highest BCUT2D eigenvalue weighted by Gasteiger charge is 2.39. The topological polar surface area (TPSA) is 58.2 Å². The Morgan fingerprint density at radius 3 is 2.54 bits per heavy atom. The number of carbonyl (C=O) groups is 2. The van der Waals surface area contributed by atoms with Gasteiger partial charge in [-0.25, -0.2) is 4.39 Å². The van der Waals surface area contributed by atoms with Crippen LogP contribution in [0.1, 0.15) is 29.3 Å². The standard InChI is InChI=1S/C19H19FN2O2/c1-12-9-15(12)19(24)22-17-8-7-14(20)10-16(17)18(23)21-11-13-5-3-2-4-6-13/h2-8,10,12,15H,9,11H2,1H3,(H,21,23)(H,22,24)/t12-,15-/m1/s1. The van der Waals surface area contributed by atoms with Crippen molar-refractivity contribution >= 4 is 17.5 Å². The molecule has 0 aromatic heterocycles. The first-order valence-electron chi connectivity index (χ1n) is 7.97. The first kappa shape index (κ1) is 16.2. The van der Waals surface area contributed by atoms with Crippen molar-refractivity contribution in [2.45, 2.75) is 19.9 Å². The van der Waals surface area contributed by atoms with E-state index in [9.17, 15) is 14.0 Å². The molecule has 0 heterocycles. The molecule has 1 saturated carbocycles. The molecule has 0 unspecified atom stereocenters. The number of amides is 2. The summed E-state index contributed by atoms with van der Waals surface area (Å²) < 4.78 is 13.5. The van der Waals surface area contributed by atoms with Crippen molar-refractivity contribution in [3.63, 3.8) is 0 Å². The first-order valence-corrected chi connectivity index (χ1v) is 7.97. The normalized spacial score (nSPS) is 18.8. The third-order valence-electron chi connectivity index (χ3n) is 4.23. The van der Waals surface area contributed by atoms with Crippen molar-refractivity contribution in [2.75, 3.05) is 5.32 Å². The van der Waals surface area contributed by atoms with E-state index in [1.54, 1.807) is 0 Å². The Labute approximate surface area is 140 Å². The molecule has 0 aliphatic heterocycles. The van der Waals surface area contributed by atoms with Crippen LogP contribution in [-0.2, 0) is 11.3 Å². The highest BCUT2D eigenvalue weighted by molar-refractivity contribution is 6.04. The summed E-state index contributed by atoms with van der Waals surface area (Å²) >= 11 is 0. The zero-order valence-corrected chi connectivity index (χ0v) is 13.4. The molecular weight excluding hydrogens is 307 g/mol. The van der Waals surface area contributed by atoms with Crippen molar-refractivity contribution in [1.29, 1.82) is 0 Å². The molecule has 1 fully saturated rings. The number of carbonyl (C=O) groups excluding carboxylic acids is 2. The monoisotopic (exact) mass is 326 g/mol. The maximum Gasteiger partial charge on any atom is 0.253 e. The minimum absolute atomic E-state index is 0.0183. The van der Waals surface area contributed by atoms with E-state index in [0.29, 0.717) is 18.2 Å². The fraction of sp³-hybridized carbons (Fsp3) is 0.263. The van der Waals surface area contributed by atoms with Crippen LogP contribution in [0.3, 0.4) is 0 Å². The molecule has 0 saturated heterocycles. The SMILES string of the molecule is C[C@@H]1C[C@H]1C(=O)Nc1ccc(F)cc1C(=O)NCc1ccccc1. The molecule has 24 heavy (non-hydrogen) atoms. The molecule has 4 nitrogen and oxygen atoms in total. The maximum atomic E-state index is 13.5. The second-order valence-electron chi connectivity index (χ2n) is 6.17. The smallest absolute Gasteiger partial charge is 0.253 e. The van der Waals surface area contributed by atoms with Crippen LogP contribution in [-0.4, -0.2) is 11.8 Å². The Balaban J connectivity index is 1.72. The fourth-order valence-electron chi connectivity index (χ4n) is 2.60. The molecule has 2 atom stereocenters. The highest BCUT2D eigenvalue weighted by atomic mass is 19.1. The van der Waals surface area contributed by atoms with Gasteiger partial charge >= 0.3 is 0 Å².